The molecule has 0 radical (unpaired) electrons. The Kier molecular flexibility index (Phi) is 6.19. The summed E-state index contributed by atoms with van der Waals surface area (Å²) >= 11 is 0. The number of rotatable bonds is 6. The molecule has 0 bridgehead atoms. The second-order valence-electron chi connectivity index (χ2n) is 4.83. The van der Waals surface area contributed by atoms with Gasteiger partial charge in [-0.05, 0) is 31.2 Å². The number of halogens is 1. The number of nitrogens with zero attached hydrogens (tertiary/aromatic N) is 2. The van der Waals surface area contributed by atoms with Crippen molar-refractivity contribution in [2.45, 2.75) is 13.5 Å². The fourth-order valence-electron chi connectivity index (χ4n) is 1.93. The van der Waals surface area contributed by atoms with E-state index in [1.807, 2.05) is 0 Å². The number of esters is 1. The van der Waals surface area contributed by atoms with Crippen molar-refractivity contribution in [1.82, 2.24) is 4.98 Å². The molecule has 0 aliphatic carbocycles. The Morgan fingerprint density at radius 1 is 1.29 bits per heavy atom. The molecule has 2 rings (SSSR count). The molecule has 0 saturated heterocycles. The lowest BCUT2D eigenvalue weighted by atomic mass is 10.2. The SMILES string of the molecule is CCOC(=O)C(N)=CC(=NCc1ccccc1F)c1ccccn1. The van der Waals surface area contributed by atoms with Crippen molar-refractivity contribution in [2.24, 2.45) is 10.7 Å². The normalized spacial score (nSPS) is 12.1. The smallest absolute Gasteiger partial charge is 0.354 e. The van der Waals surface area contributed by atoms with Gasteiger partial charge in [0.1, 0.15) is 11.5 Å². The van der Waals surface area contributed by atoms with Crippen LogP contribution in [0, 0.1) is 5.82 Å². The van der Waals surface area contributed by atoms with E-state index in [0.717, 1.165) is 0 Å². The molecule has 2 N–H and O–H groups in total. The van der Waals surface area contributed by atoms with Crippen LogP contribution in [0.1, 0.15) is 18.2 Å². The molecule has 0 fully saturated rings. The molecule has 0 atom stereocenters. The van der Waals surface area contributed by atoms with E-state index in [1.165, 1.54) is 12.1 Å². The van der Waals surface area contributed by atoms with E-state index in [9.17, 15) is 9.18 Å². The van der Waals surface area contributed by atoms with Gasteiger partial charge in [0.2, 0.25) is 0 Å². The van der Waals surface area contributed by atoms with Gasteiger partial charge in [-0.2, -0.15) is 0 Å². The van der Waals surface area contributed by atoms with E-state index < -0.39 is 5.97 Å². The van der Waals surface area contributed by atoms with Crippen LogP contribution >= 0.6 is 0 Å². The largest absolute Gasteiger partial charge is 0.461 e. The van der Waals surface area contributed by atoms with Crippen molar-refractivity contribution in [3.63, 3.8) is 0 Å². The molecule has 124 valence electrons. The van der Waals surface area contributed by atoms with Crippen molar-refractivity contribution in [3.05, 3.63) is 77.5 Å². The highest BCUT2D eigenvalue weighted by Gasteiger charge is 2.10. The summed E-state index contributed by atoms with van der Waals surface area (Å²) in [4.78, 5) is 20.2. The first-order chi connectivity index (χ1) is 11.6. The average molecular weight is 327 g/mol. The topological polar surface area (TPSA) is 77.6 Å². The molecule has 0 aliphatic rings. The van der Waals surface area contributed by atoms with Crippen molar-refractivity contribution >= 4 is 11.7 Å². The van der Waals surface area contributed by atoms with Crippen molar-refractivity contribution in [1.29, 1.82) is 0 Å². The third kappa shape index (κ3) is 4.74. The Balaban J connectivity index is 2.33. The molecule has 1 aromatic carbocycles. The Morgan fingerprint density at radius 2 is 2.04 bits per heavy atom. The molecule has 0 aliphatic heterocycles. The minimum atomic E-state index is -0.632. The quantitative estimate of drug-likeness (QED) is 0.502. The molecule has 0 amide bonds. The third-order valence-corrected chi connectivity index (χ3v) is 3.11. The third-order valence-electron chi connectivity index (χ3n) is 3.11. The molecular weight excluding hydrogens is 309 g/mol. The lowest BCUT2D eigenvalue weighted by Gasteiger charge is -2.05. The number of allylic oxidation sites excluding steroid dienone is 1. The fourth-order valence-corrected chi connectivity index (χ4v) is 1.93. The van der Waals surface area contributed by atoms with E-state index in [2.05, 4.69) is 9.98 Å². The summed E-state index contributed by atoms with van der Waals surface area (Å²) in [5.74, 6) is -0.976. The van der Waals surface area contributed by atoms with Gasteiger partial charge >= 0.3 is 5.97 Å². The summed E-state index contributed by atoms with van der Waals surface area (Å²) in [7, 11) is 0. The van der Waals surface area contributed by atoms with E-state index in [4.69, 9.17) is 10.5 Å². The number of carbonyl (C=O) groups excluding carboxylic acids is 1. The Morgan fingerprint density at radius 3 is 2.71 bits per heavy atom. The zero-order valence-electron chi connectivity index (χ0n) is 13.3. The molecule has 5 nitrogen and oxygen atoms in total. The van der Waals surface area contributed by atoms with Crippen molar-refractivity contribution in [2.75, 3.05) is 6.61 Å². The van der Waals surface area contributed by atoms with Gasteiger partial charge in [-0.25, -0.2) is 9.18 Å². The highest BCUT2D eigenvalue weighted by atomic mass is 19.1. The van der Waals surface area contributed by atoms with Gasteiger partial charge in [0.05, 0.1) is 24.6 Å². The number of pyridine rings is 1. The van der Waals surface area contributed by atoms with Crippen LogP contribution in [-0.4, -0.2) is 23.3 Å². The van der Waals surface area contributed by atoms with Crippen LogP contribution in [0.3, 0.4) is 0 Å². The predicted molar refractivity (Wildman–Crippen MR) is 89.8 cm³/mol. The molecule has 0 saturated carbocycles. The van der Waals surface area contributed by atoms with Crippen LogP contribution in [0.15, 0.2) is 65.4 Å². The van der Waals surface area contributed by atoms with Crippen LogP contribution in [-0.2, 0) is 16.1 Å². The lowest BCUT2D eigenvalue weighted by molar-refractivity contribution is -0.138. The first-order valence-corrected chi connectivity index (χ1v) is 7.45. The molecule has 0 spiro atoms. The minimum absolute atomic E-state index is 0.0882. The van der Waals surface area contributed by atoms with Gasteiger partial charge in [-0.3, -0.25) is 9.98 Å². The van der Waals surface area contributed by atoms with Crippen molar-refractivity contribution < 1.29 is 13.9 Å². The van der Waals surface area contributed by atoms with Crippen molar-refractivity contribution in [3.8, 4) is 0 Å². The molecule has 1 aromatic heterocycles. The number of hydrogen-bond acceptors (Lipinski definition) is 5. The molecule has 2 aromatic rings. The average Bonchev–Trinajstić information content (AvgIpc) is 2.60. The van der Waals surface area contributed by atoms with Crippen LogP contribution < -0.4 is 5.73 Å². The van der Waals surface area contributed by atoms with Gasteiger partial charge in [0.15, 0.2) is 0 Å². The summed E-state index contributed by atoms with van der Waals surface area (Å²) in [6.45, 7) is 2.01. The zero-order valence-corrected chi connectivity index (χ0v) is 13.3. The maximum absolute atomic E-state index is 13.7. The molecular formula is C18H18FN3O2. The van der Waals surface area contributed by atoms with Gasteiger partial charge in [0.25, 0.3) is 0 Å². The number of ether oxygens (including phenoxy) is 1. The Hall–Kier alpha value is -3.02. The van der Waals surface area contributed by atoms with E-state index in [0.29, 0.717) is 17.0 Å². The standard InChI is InChI=1S/C18H18FN3O2/c1-2-24-18(23)15(20)11-17(16-9-5-6-10-21-16)22-12-13-7-3-4-8-14(13)19/h3-11H,2,12,20H2,1H3. The van der Waals surface area contributed by atoms with Gasteiger partial charge in [0, 0.05) is 11.8 Å². The number of carbonyl (C=O) groups is 1. The number of aliphatic imine (C=N–C) groups is 1. The van der Waals surface area contributed by atoms with E-state index >= 15 is 0 Å². The van der Waals surface area contributed by atoms with Crippen LogP contribution in [0.25, 0.3) is 0 Å². The summed E-state index contributed by atoms with van der Waals surface area (Å²) < 4.78 is 18.6. The van der Waals surface area contributed by atoms with Crippen LogP contribution in [0.2, 0.25) is 0 Å². The summed E-state index contributed by atoms with van der Waals surface area (Å²) in [6, 6.07) is 11.6. The molecule has 24 heavy (non-hydrogen) atoms. The fraction of sp³-hybridized carbons (Fsp3) is 0.167. The highest BCUT2D eigenvalue weighted by molar-refractivity contribution is 6.10. The molecule has 0 unspecified atom stereocenters. The predicted octanol–water partition coefficient (Wildman–Crippen LogP) is 2.62. The minimum Gasteiger partial charge on any atom is -0.461 e. The number of aromatic nitrogens is 1. The maximum atomic E-state index is 13.7. The first kappa shape index (κ1) is 17.3. The number of benzene rings is 1. The number of nitrogens with two attached hydrogens (primary N) is 1. The van der Waals surface area contributed by atoms with Gasteiger partial charge in [-0.15, -0.1) is 0 Å². The van der Waals surface area contributed by atoms with Gasteiger partial charge < -0.3 is 10.5 Å². The molecule has 6 heteroatoms. The lowest BCUT2D eigenvalue weighted by Crippen LogP contribution is -2.17. The summed E-state index contributed by atoms with van der Waals surface area (Å²) in [5.41, 5.74) is 7.00. The second-order valence-corrected chi connectivity index (χ2v) is 4.83. The highest BCUT2D eigenvalue weighted by Crippen LogP contribution is 2.10. The Labute approximate surface area is 139 Å². The van der Waals surface area contributed by atoms with E-state index in [-0.39, 0.29) is 24.7 Å². The number of hydrogen-bond donors (Lipinski definition) is 1. The monoisotopic (exact) mass is 327 g/mol. The second kappa shape index (κ2) is 8.57. The summed E-state index contributed by atoms with van der Waals surface area (Å²) in [5, 5.41) is 0. The van der Waals surface area contributed by atoms with Crippen LogP contribution in [0.5, 0.6) is 0 Å². The first-order valence-electron chi connectivity index (χ1n) is 7.45. The maximum Gasteiger partial charge on any atom is 0.354 e. The van der Waals surface area contributed by atoms with Crippen LogP contribution in [0.4, 0.5) is 4.39 Å². The molecule has 1 heterocycles. The Bertz CT molecular complexity index is 758. The summed E-state index contributed by atoms with van der Waals surface area (Å²) in [6.07, 6.45) is 2.99. The van der Waals surface area contributed by atoms with E-state index in [1.54, 1.807) is 49.5 Å². The zero-order chi connectivity index (χ0) is 17.4. The van der Waals surface area contributed by atoms with Gasteiger partial charge in [-0.1, -0.05) is 24.3 Å².